The summed E-state index contributed by atoms with van der Waals surface area (Å²) in [6.45, 7) is 9.32. The number of carbonyl (C=O) groups is 3. The van der Waals surface area contributed by atoms with Gasteiger partial charge in [-0.25, -0.2) is 17.2 Å². The quantitative estimate of drug-likeness (QED) is 0.403. The Morgan fingerprint density at radius 1 is 0.857 bits per heavy atom. The minimum Gasteiger partial charge on any atom is -0.550 e. The summed E-state index contributed by atoms with van der Waals surface area (Å²) in [5.41, 5.74) is 4.19. The van der Waals surface area contributed by atoms with E-state index in [2.05, 4.69) is 26.8 Å². The summed E-state index contributed by atoms with van der Waals surface area (Å²) in [6, 6.07) is 0. The predicted octanol–water partition coefficient (Wildman–Crippen LogP) is -1.26. The second kappa shape index (κ2) is 16.7. The molecule has 1 rings (SSSR count). The van der Waals surface area contributed by atoms with Gasteiger partial charge in [-0.1, -0.05) is 20.3 Å². The van der Waals surface area contributed by atoms with Gasteiger partial charge in [0.1, 0.15) is 0 Å². The summed E-state index contributed by atoms with van der Waals surface area (Å²) in [6.07, 6.45) is 4.41. The summed E-state index contributed by atoms with van der Waals surface area (Å²) < 4.78 is 0. The van der Waals surface area contributed by atoms with Crippen LogP contribution in [-0.4, -0.2) is 17.9 Å². The molecule has 0 aromatic rings. The van der Waals surface area contributed by atoms with Crippen LogP contribution >= 0.6 is 0 Å². The van der Waals surface area contributed by atoms with Gasteiger partial charge in [0.25, 0.3) is 0 Å². The molecular weight excluding hydrogens is 312 g/mol. The summed E-state index contributed by atoms with van der Waals surface area (Å²) in [5.74, 6) is -3.25. The van der Waals surface area contributed by atoms with E-state index in [-0.39, 0.29) is 21.7 Å². The Balaban J connectivity index is -0.0000000973. The molecule has 0 saturated carbocycles. The van der Waals surface area contributed by atoms with Crippen LogP contribution in [-0.2, 0) is 36.1 Å². The maximum atomic E-state index is 8.89. The molecule has 0 radical (unpaired) electrons. The first-order chi connectivity index (χ1) is 8.89. The van der Waals surface area contributed by atoms with Crippen molar-refractivity contribution in [2.75, 3.05) is 0 Å². The minimum absolute atomic E-state index is 0. The Morgan fingerprint density at radius 3 is 1.14 bits per heavy atom. The smallest absolute Gasteiger partial charge is 0.550 e. The molecule has 0 aromatic carbocycles. The zero-order valence-corrected chi connectivity index (χ0v) is 14.7. The van der Waals surface area contributed by atoms with Crippen molar-refractivity contribution in [2.45, 2.75) is 48.0 Å². The van der Waals surface area contributed by atoms with Crippen molar-refractivity contribution in [3.8, 4) is 0 Å². The molecule has 0 aliphatic heterocycles. The fourth-order valence-electron chi connectivity index (χ4n) is 1.00. The fourth-order valence-corrected chi connectivity index (χ4v) is 1.00. The van der Waals surface area contributed by atoms with Crippen molar-refractivity contribution in [2.24, 2.45) is 0 Å². The molecule has 0 spiro atoms. The molecule has 0 N–H and O–H groups in total. The molecule has 0 heterocycles. The van der Waals surface area contributed by atoms with Gasteiger partial charge in [-0.3, -0.25) is 0 Å². The predicted molar refractivity (Wildman–Crippen MR) is 67.5 cm³/mol. The summed E-state index contributed by atoms with van der Waals surface area (Å²) >= 11 is 0. The van der Waals surface area contributed by atoms with Crippen molar-refractivity contribution in [1.82, 2.24) is 0 Å². The van der Waals surface area contributed by atoms with Crippen molar-refractivity contribution < 1.29 is 51.4 Å². The number of hydrogen-bond acceptors (Lipinski definition) is 6. The molecular formula is C14H20O6Ti. The van der Waals surface area contributed by atoms with E-state index in [1.165, 1.54) is 16.7 Å². The van der Waals surface area contributed by atoms with E-state index in [1.807, 2.05) is 0 Å². The van der Waals surface area contributed by atoms with E-state index in [0.29, 0.717) is 0 Å². The van der Waals surface area contributed by atoms with Crippen LogP contribution in [0.25, 0.3) is 0 Å². The van der Waals surface area contributed by atoms with Gasteiger partial charge >= 0.3 is 21.7 Å². The SMILES string of the molecule is CC(=O)[O-].CC(=O)[O-].CC(=O)[O-].CC1=[C-]C(C)=C(C)C1.[Ti+4]. The van der Waals surface area contributed by atoms with Gasteiger partial charge in [-0.05, 0) is 20.8 Å². The number of carbonyl (C=O) groups excluding carboxylic acids is 3. The van der Waals surface area contributed by atoms with Gasteiger partial charge in [0, 0.05) is 17.9 Å². The monoisotopic (exact) mass is 332 g/mol. The van der Waals surface area contributed by atoms with Crippen LogP contribution in [0.15, 0.2) is 16.7 Å². The first-order valence-corrected chi connectivity index (χ1v) is 5.68. The zero-order valence-electron chi connectivity index (χ0n) is 13.2. The topological polar surface area (TPSA) is 120 Å². The molecule has 7 heteroatoms. The molecule has 116 valence electrons. The Labute approximate surface area is 140 Å². The summed E-state index contributed by atoms with van der Waals surface area (Å²) in [5, 5.41) is 26.7. The van der Waals surface area contributed by atoms with Crippen LogP contribution < -0.4 is 15.3 Å². The summed E-state index contributed by atoms with van der Waals surface area (Å²) in [4.78, 5) is 26.7. The number of carboxylic acids is 3. The van der Waals surface area contributed by atoms with Gasteiger partial charge in [0.2, 0.25) is 0 Å². The average molecular weight is 332 g/mol. The average Bonchev–Trinajstić information content (AvgIpc) is 2.40. The largest absolute Gasteiger partial charge is 4.00 e. The van der Waals surface area contributed by atoms with E-state index < -0.39 is 17.9 Å². The van der Waals surface area contributed by atoms with E-state index in [9.17, 15) is 0 Å². The van der Waals surface area contributed by atoms with Crippen molar-refractivity contribution in [1.29, 1.82) is 0 Å². The Hall–Kier alpha value is -1.40. The molecule has 1 aliphatic carbocycles. The first kappa shape index (κ1) is 27.9. The van der Waals surface area contributed by atoms with Crippen LogP contribution in [0.4, 0.5) is 0 Å². The third-order valence-corrected chi connectivity index (χ3v) is 1.57. The molecule has 0 atom stereocenters. The molecule has 21 heavy (non-hydrogen) atoms. The molecule has 0 amide bonds. The molecule has 1 aliphatic rings. The third kappa shape index (κ3) is 45.6. The molecule has 0 fully saturated rings. The number of allylic oxidation sites excluding steroid dienone is 4. The summed E-state index contributed by atoms with van der Waals surface area (Å²) in [7, 11) is 0. The van der Waals surface area contributed by atoms with Crippen molar-refractivity contribution in [3.63, 3.8) is 0 Å². The molecule has 0 bridgehead atoms. The van der Waals surface area contributed by atoms with Crippen LogP contribution in [0.1, 0.15) is 48.0 Å². The van der Waals surface area contributed by atoms with Crippen LogP contribution in [0.3, 0.4) is 0 Å². The second-order valence-electron chi connectivity index (χ2n) is 3.96. The van der Waals surface area contributed by atoms with E-state index in [1.54, 1.807) is 0 Å². The third-order valence-electron chi connectivity index (χ3n) is 1.57. The van der Waals surface area contributed by atoms with Gasteiger partial charge in [0.15, 0.2) is 0 Å². The Bertz CT molecular complexity index is 356. The number of aliphatic carboxylic acids is 3. The number of rotatable bonds is 0. The van der Waals surface area contributed by atoms with E-state index in [0.717, 1.165) is 27.2 Å². The second-order valence-corrected chi connectivity index (χ2v) is 3.96. The number of carboxylic acid groups (broad SMARTS) is 3. The van der Waals surface area contributed by atoms with Gasteiger partial charge in [0.05, 0.1) is 0 Å². The first-order valence-electron chi connectivity index (χ1n) is 5.68. The van der Waals surface area contributed by atoms with Crippen molar-refractivity contribution in [3.05, 3.63) is 22.8 Å². The number of hydrogen-bond donors (Lipinski definition) is 0. The maximum Gasteiger partial charge on any atom is 4.00 e. The van der Waals surface area contributed by atoms with E-state index >= 15 is 0 Å². The Morgan fingerprint density at radius 2 is 1.10 bits per heavy atom. The molecule has 0 aromatic heterocycles. The molecule has 0 saturated heterocycles. The van der Waals surface area contributed by atoms with E-state index in [4.69, 9.17) is 29.7 Å². The van der Waals surface area contributed by atoms with Gasteiger partial charge in [-0.2, -0.15) is 5.57 Å². The van der Waals surface area contributed by atoms with Gasteiger partial charge in [-0.15, -0.1) is 6.92 Å². The van der Waals surface area contributed by atoms with Gasteiger partial charge < -0.3 is 29.7 Å². The normalized spacial score (nSPS) is 11.0. The Kier molecular flexibility index (Phi) is 22.1. The minimum atomic E-state index is -1.08. The van der Waals surface area contributed by atoms with Crippen molar-refractivity contribution >= 4 is 17.9 Å². The zero-order chi connectivity index (χ0) is 16.9. The van der Waals surface area contributed by atoms with Crippen LogP contribution in [0.5, 0.6) is 0 Å². The molecule has 0 unspecified atom stereocenters. The van der Waals surface area contributed by atoms with Crippen LogP contribution in [0, 0.1) is 6.08 Å². The molecule has 6 nitrogen and oxygen atoms in total. The van der Waals surface area contributed by atoms with Crippen LogP contribution in [0.2, 0.25) is 0 Å². The maximum absolute atomic E-state index is 8.89. The fraction of sp³-hybridized carbons (Fsp3) is 0.500. The standard InChI is InChI=1S/C8H11.3C2H4O2.Ti/c1-6-4-7(2)8(3)5-6;3*1-2(3)4;/h4H2,1-3H3;3*1H3,(H,3,4);/q-1;;;;+4/p-3.